The lowest BCUT2D eigenvalue weighted by Gasteiger charge is -2.24. The van der Waals surface area contributed by atoms with Crippen molar-refractivity contribution in [3.63, 3.8) is 0 Å². The van der Waals surface area contributed by atoms with E-state index in [4.69, 9.17) is 11.6 Å². The molecule has 0 spiro atoms. The minimum absolute atomic E-state index is 0.0485. The van der Waals surface area contributed by atoms with Crippen LogP contribution in [0.2, 0.25) is 5.02 Å². The van der Waals surface area contributed by atoms with E-state index in [0.717, 1.165) is 22.0 Å². The maximum atomic E-state index is 13.4. The number of carbonyl (C=O) groups is 1. The van der Waals surface area contributed by atoms with Crippen LogP contribution in [0.4, 0.5) is 10.1 Å². The average molecular weight is 493 g/mol. The molecule has 1 amide bonds. The van der Waals surface area contributed by atoms with Crippen molar-refractivity contribution in [3.8, 4) is 0 Å². The van der Waals surface area contributed by atoms with Gasteiger partial charge in [-0.1, -0.05) is 48.0 Å². The molecule has 0 saturated carbocycles. The maximum Gasteiger partial charge on any atom is 0.264 e. The number of nitrogens with one attached hydrogen (secondary N) is 1. The van der Waals surface area contributed by atoms with E-state index in [-0.39, 0.29) is 10.6 Å². The highest BCUT2D eigenvalue weighted by Gasteiger charge is 2.27. The van der Waals surface area contributed by atoms with Crippen LogP contribution in [0.3, 0.4) is 0 Å². The van der Waals surface area contributed by atoms with Crippen molar-refractivity contribution in [3.05, 3.63) is 95.3 Å². The third-order valence-electron chi connectivity index (χ3n) is 4.52. The SMILES string of the molecule is O=C(CN(c1ccc(F)cc1)S(=O)(=O)c1ccccc1)NCCSCc1ccccc1Cl. The molecule has 0 saturated heterocycles. The second-order valence-electron chi connectivity index (χ2n) is 6.80. The van der Waals surface area contributed by atoms with E-state index in [1.165, 1.54) is 24.3 Å². The maximum absolute atomic E-state index is 13.4. The molecular formula is C23H22ClFN2O3S2. The Kier molecular flexibility index (Phi) is 8.55. The number of halogens is 2. The molecule has 32 heavy (non-hydrogen) atoms. The first-order valence-corrected chi connectivity index (χ1v) is 12.8. The summed E-state index contributed by atoms with van der Waals surface area (Å²) < 4.78 is 40.6. The monoisotopic (exact) mass is 492 g/mol. The molecule has 0 radical (unpaired) electrons. The quantitative estimate of drug-likeness (QED) is 0.416. The van der Waals surface area contributed by atoms with Crippen molar-refractivity contribution in [1.29, 1.82) is 0 Å². The van der Waals surface area contributed by atoms with E-state index in [2.05, 4.69) is 5.32 Å². The number of carbonyl (C=O) groups excluding carboxylic acids is 1. The number of hydrogen-bond acceptors (Lipinski definition) is 4. The van der Waals surface area contributed by atoms with Crippen LogP contribution in [0.15, 0.2) is 83.8 Å². The van der Waals surface area contributed by atoms with Gasteiger partial charge in [-0.15, -0.1) is 0 Å². The first kappa shape index (κ1) is 24.1. The minimum atomic E-state index is -4.01. The highest BCUT2D eigenvalue weighted by molar-refractivity contribution is 7.98. The zero-order valence-corrected chi connectivity index (χ0v) is 19.5. The normalized spacial score (nSPS) is 11.2. The molecule has 3 rings (SSSR count). The fraction of sp³-hybridized carbons (Fsp3) is 0.174. The van der Waals surface area contributed by atoms with Crippen LogP contribution in [0, 0.1) is 5.82 Å². The van der Waals surface area contributed by atoms with E-state index >= 15 is 0 Å². The van der Waals surface area contributed by atoms with Crippen molar-refractivity contribution in [2.75, 3.05) is 23.1 Å². The molecule has 0 fully saturated rings. The number of thioether (sulfide) groups is 1. The Morgan fingerprint density at radius 3 is 2.31 bits per heavy atom. The van der Waals surface area contributed by atoms with Crippen LogP contribution in [-0.2, 0) is 20.6 Å². The molecule has 0 aliphatic carbocycles. The van der Waals surface area contributed by atoms with E-state index in [1.807, 2.05) is 24.3 Å². The highest BCUT2D eigenvalue weighted by Crippen LogP contribution is 2.24. The largest absolute Gasteiger partial charge is 0.354 e. The number of sulfonamides is 1. The van der Waals surface area contributed by atoms with Gasteiger partial charge in [0.2, 0.25) is 5.91 Å². The van der Waals surface area contributed by atoms with Crippen molar-refractivity contribution in [1.82, 2.24) is 5.32 Å². The van der Waals surface area contributed by atoms with E-state index in [9.17, 15) is 17.6 Å². The molecule has 3 aromatic carbocycles. The van der Waals surface area contributed by atoms with Crippen molar-refractivity contribution in [2.45, 2.75) is 10.6 Å². The fourth-order valence-electron chi connectivity index (χ4n) is 2.89. The Morgan fingerprint density at radius 2 is 1.62 bits per heavy atom. The smallest absolute Gasteiger partial charge is 0.264 e. The van der Waals surface area contributed by atoms with Gasteiger partial charge in [-0.05, 0) is 48.0 Å². The van der Waals surface area contributed by atoms with Gasteiger partial charge in [0.05, 0.1) is 10.6 Å². The molecule has 0 aromatic heterocycles. The summed E-state index contributed by atoms with van der Waals surface area (Å²) in [5.74, 6) is 0.399. The number of anilines is 1. The molecule has 0 aliphatic heterocycles. The second kappa shape index (κ2) is 11.4. The number of benzene rings is 3. The predicted molar refractivity (Wildman–Crippen MR) is 128 cm³/mol. The van der Waals surface area contributed by atoms with Gasteiger partial charge in [-0.25, -0.2) is 12.8 Å². The topological polar surface area (TPSA) is 66.5 Å². The van der Waals surface area contributed by atoms with Crippen molar-refractivity contribution in [2.24, 2.45) is 0 Å². The number of hydrogen-bond donors (Lipinski definition) is 1. The van der Waals surface area contributed by atoms with Crippen LogP contribution < -0.4 is 9.62 Å². The Morgan fingerprint density at radius 1 is 0.969 bits per heavy atom. The van der Waals surface area contributed by atoms with Gasteiger partial charge >= 0.3 is 0 Å². The Bertz CT molecular complexity index is 1140. The Labute approximate surface area is 196 Å². The van der Waals surface area contributed by atoms with Gasteiger partial charge in [0.25, 0.3) is 10.0 Å². The minimum Gasteiger partial charge on any atom is -0.354 e. The van der Waals surface area contributed by atoms with Crippen molar-refractivity contribution >= 4 is 45.0 Å². The molecule has 3 aromatic rings. The summed E-state index contributed by atoms with van der Waals surface area (Å²) in [7, 11) is -4.01. The number of nitrogens with zero attached hydrogens (tertiary/aromatic N) is 1. The summed E-state index contributed by atoms with van der Waals surface area (Å²) in [6.45, 7) is -0.0470. The van der Waals surface area contributed by atoms with Crippen LogP contribution in [0.25, 0.3) is 0 Å². The lowest BCUT2D eigenvalue weighted by atomic mass is 10.2. The summed E-state index contributed by atoms with van der Waals surface area (Å²) in [6, 6.07) is 20.4. The lowest BCUT2D eigenvalue weighted by molar-refractivity contribution is -0.119. The first-order valence-electron chi connectivity index (χ1n) is 9.79. The molecule has 0 bridgehead atoms. The van der Waals surface area contributed by atoms with E-state index in [0.29, 0.717) is 23.1 Å². The molecule has 168 valence electrons. The fourth-order valence-corrected chi connectivity index (χ4v) is 5.47. The number of rotatable bonds is 10. The van der Waals surface area contributed by atoms with Crippen LogP contribution in [0.5, 0.6) is 0 Å². The van der Waals surface area contributed by atoms with Crippen LogP contribution in [0.1, 0.15) is 5.56 Å². The molecular weight excluding hydrogens is 471 g/mol. The molecule has 0 aliphatic rings. The van der Waals surface area contributed by atoms with Crippen LogP contribution >= 0.6 is 23.4 Å². The lowest BCUT2D eigenvalue weighted by Crippen LogP contribution is -2.41. The average Bonchev–Trinajstić information content (AvgIpc) is 2.79. The van der Waals surface area contributed by atoms with Gasteiger partial charge in [0.15, 0.2) is 0 Å². The van der Waals surface area contributed by atoms with Gasteiger partial charge in [-0.2, -0.15) is 11.8 Å². The molecule has 0 atom stereocenters. The van der Waals surface area contributed by atoms with Gasteiger partial charge in [0, 0.05) is 23.1 Å². The van der Waals surface area contributed by atoms with Gasteiger partial charge in [0.1, 0.15) is 12.4 Å². The van der Waals surface area contributed by atoms with Gasteiger partial charge < -0.3 is 5.32 Å². The zero-order chi connectivity index (χ0) is 23.0. The van der Waals surface area contributed by atoms with Gasteiger partial charge in [-0.3, -0.25) is 9.10 Å². The molecule has 0 unspecified atom stereocenters. The number of amides is 1. The standard InChI is InChI=1S/C23H22ClFN2O3S2/c24-22-9-5-4-6-18(22)17-31-15-14-26-23(28)16-27(20-12-10-19(25)11-13-20)32(29,30)21-7-2-1-3-8-21/h1-13H,14-17H2,(H,26,28). The second-order valence-corrected chi connectivity index (χ2v) is 10.2. The molecule has 1 N–H and O–H groups in total. The summed E-state index contributed by atoms with van der Waals surface area (Å²) in [6.07, 6.45) is 0. The zero-order valence-electron chi connectivity index (χ0n) is 17.1. The molecule has 5 nitrogen and oxygen atoms in total. The predicted octanol–water partition coefficient (Wildman–Crippen LogP) is 4.72. The Hall–Kier alpha value is -2.55. The third-order valence-corrected chi connectivity index (χ3v) is 7.68. The third kappa shape index (κ3) is 6.48. The highest BCUT2D eigenvalue weighted by atomic mass is 35.5. The summed E-state index contributed by atoms with van der Waals surface area (Å²) in [5, 5.41) is 3.44. The molecule has 0 heterocycles. The van der Waals surface area contributed by atoms with Crippen molar-refractivity contribution < 1.29 is 17.6 Å². The summed E-state index contributed by atoms with van der Waals surface area (Å²) in [5.41, 5.74) is 1.22. The summed E-state index contributed by atoms with van der Waals surface area (Å²) >= 11 is 7.75. The Balaban J connectivity index is 1.62. The molecule has 9 heteroatoms. The van der Waals surface area contributed by atoms with E-state index in [1.54, 1.807) is 30.0 Å². The summed E-state index contributed by atoms with van der Waals surface area (Å²) in [4.78, 5) is 12.6. The van der Waals surface area contributed by atoms with Crippen LogP contribution in [-0.4, -0.2) is 33.2 Å². The first-order chi connectivity index (χ1) is 15.4. The van der Waals surface area contributed by atoms with E-state index < -0.39 is 28.3 Å².